The zero-order chi connectivity index (χ0) is 15.1. The molecule has 2 aromatic rings. The first-order chi connectivity index (χ1) is 10.3. The summed E-state index contributed by atoms with van der Waals surface area (Å²) in [6, 6.07) is 0. The molecule has 0 atom stereocenters. The highest BCUT2D eigenvalue weighted by atomic mass is 15.3. The highest BCUT2D eigenvalue weighted by molar-refractivity contribution is 5.56. The lowest BCUT2D eigenvalue weighted by Crippen LogP contribution is -2.25. The summed E-state index contributed by atoms with van der Waals surface area (Å²) in [5, 5.41) is 3.22. The quantitative estimate of drug-likeness (QED) is 0.834. The zero-order valence-corrected chi connectivity index (χ0v) is 12.7. The maximum absolute atomic E-state index is 4.54. The Balaban J connectivity index is 2.41. The van der Waals surface area contributed by atoms with Gasteiger partial charge in [-0.2, -0.15) is 15.0 Å². The first kappa shape index (κ1) is 15.1. The Morgan fingerprint density at radius 3 is 2.33 bits per heavy atom. The van der Waals surface area contributed by atoms with Crippen LogP contribution in [0.25, 0.3) is 11.4 Å². The van der Waals surface area contributed by atoms with Crippen molar-refractivity contribution >= 4 is 11.9 Å². The van der Waals surface area contributed by atoms with Gasteiger partial charge in [0.25, 0.3) is 0 Å². The van der Waals surface area contributed by atoms with Gasteiger partial charge in [0.1, 0.15) is 6.33 Å². The first-order valence-corrected chi connectivity index (χ1v) is 7.28. The van der Waals surface area contributed by atoms with E-state index >= 15 is 0 Å². The lowest BCUT2D eigenvalue weighted by molar-refractivity contribution is 0.811. The zero-order valence-electron chi connectivity index (χ0n) is 12.7. The van der Waals surface area contributed by atoms with Gasteiger partial charge in [-0.15, -0.1) is 0 Å². The Bertz CT molecular complexity index is 555. The molecule has 0 bridgehead atoms. The molecule has 0 aliphatic rings. The molecule has 0 saturated carbocycles. The van der Waals surface area contributed by atoms with Gasteiger partial charge in [-0.25, -0.2) is 9.97 Å². The molecule has 0 saturated heterocycles. The van der Waals surface area contributed by atoms with Gasteiger partial charge in [0.15, 0.2) is 5.82 Å². The highest BCUT2D eigenvalue weighted by Crippen LogP contribution is 2.18. The van der Waals surface area contributed by atoms with Gasteiger partial charge in [-0.05, 0) is 20.3 Å². The predicted octanol–water partition coefficient (Wildman–Crippen LogP) is 2.00. The molecule has 7 nitrogen and oxygen atoms in total. The molecule has 2 aromatic heterocycles. The molecule has 2 heterocycles. The van der Waals surface area contributed by atoms with Crippen molar-refractivity contribution in [3.63, 3.8) is 0 Å². The van der Waals surface area contributed by atoms with Crippen LogP contribution in [0.4, 0.5) is 11.9 Å². The minimum absolute atomic E-state index is 0.589. The summed E-state index contributed by atoms with van der Waals surface area (Å²) >= 11 is 0. The average Bonchev–Trinajstić information content (AvgIpc) is 2.55. The number of nitrogens with one attached hydrogen (secondary N) is 1. The lowest BCUT2D eigenvalue weighted by atomic mass is 10.3. The van der Waals surface area contributed by atoms with Crippen LogP contribution < -0.4 is 10.2 Å². The van der Waals surface area contributed by atoms with Crippen LogP contribution in [-0.4, -0.2) is 44.6 Å². The molecule has 0 amide bonds. The van der Waals surface area contributed by atoms with Gasteiger partial charge >= 0.3 is 0 Å². The Hall–Kier alpha value is -2.31. The number of hydrogen-bond acceptors (Lipinski definition) is 7. The summed E-state index contributed by atoms with van der Waals surface area (Å²) < 4.78 is 0. The summed E-state index contributed by atoms with van der Waals surface area (Å²) in [6.07, 6.45) is 5.91. The minimum Gasteiger partial charge on any atom is -0.354 e. The van der Waals surface area contributed by atoms with Crippen LogP contribution in [-0.2, 0) is 0 Å². The van der Waals surface area contributed by atoms with E-state index in [1.54, 1.807) is 12.4 Å². The largest absolute Gasteiger partial charge is 0.354 e. The van der Waals surface area contributed by atoms with Crippen molar-refractivity contribution in [2.45, 2.75) is 27.2 Å². The Labute approximate surface area is 124 Å². The molecule has 7 heteroatoms. The third-order valence-corrected chi connectivity index (χ3v) is 3.02. The second-order valence-electron chi connectivity index (χ2n) is 4.51. The normalized spacial score (nSPS) is 10.4. The number of anilines is 2. The SMILES string of the molecule is CCCNc1nc(-c2cncnc2)nc(N(CC)CC)n1. The van der Waals surface area contributed by atoms with E-state index in [-0.39, 0.29) is 0 Å². The van der Waals surface area contributed by atoms with Crippen LogP contribution in [0.3, 0.4) is 0 Å². The van der Waals surface area contributed by atoms with E-state index < -0.39 is 0 Å². The van der Waals surface area contributed by atoms with Gasteiger partial charge in [-0.1, -0.05) is 6.92 Å². The van der Waals surface area contributed by atoms with Crippen molar-refractivity contribution in [3.05, 3.63) is 18.7 Å². The molecule has 21 heavy (non-hydrogen) atoms. The van der Waals surface area contributed by atoms with Gasteiger partial charge in [0, 0.05) is 32.0 Å². The topological polar surface area (TPSA) is 79.7 Å². The molecule has 0 fully saturated rings. The summed E-state index contributed by atoms with van der Waals surface area (Å²) in [4.78, 5) is 23.6. The van der Waals surface area contributed by atoms with Gasteiger partial charge in [0.2, 0.25) is 11.9 Å². The number of aromatic nitrogens is 5. The predicted molar refractivity (Wildman–Crippen MR) is 83.2 cm³/mol. The molecule has 0 aromatic carbocycles. The smallest absolute Gasteiger partial charge is 0.230 e. The van der Waals surface area contributed by atoms with E-state index in [2.05, 4.69) is 55.9 Å². The van der Waals surface area contributed by atoms with Crippen molar-refractivity contribution in [3.8, 4) is 11.4 Å². The summed E-state index contributed by atoms with van der Waals surface area (Å²) in [7, 11) is 0. The van der Waals surface area contributed by atoms with Crippen molar-refractivity contribution in [1.29, 1.82) is 0 Å². The summed E-state index contributed by atoms with van der Waals surface area (Å²) in [6.45, 7) is 8.78. The second-order valence-corrected chi connectivity index (χ2v) is 4.51. The van der Waals surface area contributed by atoms with Gasteiger partial charge in [0.05, 0.1) is 5.56 Å². The maximum Gasteiger partial charge on any atom is 0.230 e. The lowest BCUT2D eigenvalue weighted by Gasteiger charge is -2.19. The third-order valence-electron chi connectivity index (χ3n) is 3.02. The maximum atomic E-state index is 4.54. The van der Waals surface area contributed by atoms with Crippen LogP contribution in [0.2, 0.25) is 0 Å². The standard InChI is InChI=1S/C14H21N7/c1-4-7-17-13-18-12(11-8-15-10-16-9-11)19-14(20-13)21(5-2)6-3/h8-10H,4-7H2,1-3H3,(H,17,18,19,20). The van der Waals surface area contributed by atoms with Crippen molar-refractivity contribution in [2.24, 2.45) is 0 Å². The average molecular weight is 287 g/mol. The fraction of sp³-hybridized carbons (Fsp3) is 0.500. The molecule has 1 N–H and O–H groups in total. The number of hydrogen-bond donors (Lipinski definition) is 1. The van der Waals surface area contributed by atoms with Crippen molar-refractivity contribution in [1.82, 2.24) is 24.9 Å². The number of nitrogens with zero attached hydrogens (tertiary/aromatic N) is 6. The van der Waals surface area contributed by atoms with E-state index in [4.69, 9.17) is 0 Å². The van der Waals surface area contributed by atoms with E-state index in [1.165, 1.54) is 6.33 Å². The van der Waals surface area contributed by atoms with Crippen LogP contribution in [0.15, 0.2) is 18.7 Å². The molecule has 2 rings (SSSR count). The van der Waals surface area contributed by atoms with Crippen LogP contribution in [0.5, 0.6) is 0 Å². The van der Waals surface area contributed by atoms with Crippen LogP contribution in [0, 0.1) is 0 Å². The third kappa shape index (κ3) is 3.84. The second kappa shape index (κ2) is 7.47. The van der Waals surface area contributed by atoms with Crippen LogP contribution >= 0.6 is 0 Å². The molecule has 112 valence electrons. The first-order valence-electron chi connectivity index (χ1n) is 7.28. The summed E-state index contributed by atoms with van der Waals surface area (Å²) in [5.74, 6) is 1.85. The molecule has 0 aliphatic carbocycles. The monoisotopic (exact) mass is 287 g/mol. The highest BCUT2D eigenvalue weighted by Gasteiger charge is 2.12. The fourth-order valence-electron chi connectivity index (χ4n) is 1.87. The van der Waals surface area contributed by atoms with E-state index in [0.717, 1.165) is 31.6 Å². The fourth-order valence-corrected chi connectivity index (χ4v) is 1.87. The van der Waals surface area contributed by atoms with Crippen molar-refractivity contribution < 1.29 is 0 Å². The van der Waals surface area contributed by atoms with E-state index in [1.807, 2.05) is 0 Å². The van der Waals surface area contributed by atoms with E-state index in [0.29, 0.717) is 17.7 Å². The molecular formula is C14H21N7. The van der Waals surface area contributed by atoms with Crippen LogP contribution in [0.1, 0.15) is 27.2 Å². The van der Waals surface area contributed by atoms with Crippen molar-refractivity contribution in [2.75, 3.05) is 29.9 Å². The molecular weight excluding hydrogens is 266 g/mol. The molecule has 0 aliphatic heterocycles. The van der Waals surface area contributed by atoms with Gasteiger partial charge < -0.3 is 10.2 Å². The number of rotatable bonds is 7. The Morgan fingerprint density at radius 1 is 1.00 bits per heavy atom. The minimum atomic E-state index is 0.589. The van der Waals surface area contributed by atoms with E-state index in [9.17, 15) is 0 Å². The Morgan fingerprint density at radius 2 is 1.71 bits per heavy atom. The molecule has 0 radical (unpaired) electrons. The Kier molecular flexibility index (Phi) is 5.36. The molecule has 0 spiro atoms. The van der Waals surface area contributed by atoms with Gasteiger partial charge in [-0.3, -0.25) is 0 Å². The summed E-state index contributed by atoms with van der Waals surface area (Å²) in [5.41, 5.74) is 0.785. The molecule has 0 unspecified atom stereocenters.